The van der Waals surface area contributed by atoms with E-state index in [-0.39, 0.29) is 35.7 Å². The van der Waals surface area contributed by atoms with Gasteiger partial charge >= 0.3 is 5.69 Å². The van der Waals surface area contributed by atoms with Gasteiger partial charge in [0.25, 0.3) is 11.1 Å². The number of aromatic nitrogens is 8. The lowest BCUT2D eigenvalue weighted by Crippen LogP contribution is -2.38. The van der Waals surface area contributed by atoms with Crippen molar-refractivity contribution in [2.24, 2.45) is 14.1 Å². The molecule has 0 saturated carbocycles. The number of benzene rings is 1. The van der Waals surface area contributed by atoms with Gasteiger partial charge in [0.1, 0.15) is 18.3 Å². The highest BCUT2D eigenvalue weighted by Gasteiger charge is 2.16. The Bertz CT molecular complexity index is 1840. The molecule has 1 N–H and O–H groups in total. The summed E-state index contributed by atoms with van der Waals surface area (Å²) in [4.78, 5) is 58.7. The Morgan fingerprint density at radius 1 is 0.946 bits per heavy atom. The molecule has 0 fully saturated rings. The standard InChI is InChI=1S/C24H25N9O4/c1-15-6-4-5-7-16(15)11-32-14-26-20-17(22(32)35)10-28-33(20)9-8-25-18(34)12-31-13-27-21-19(31)23(36)30(3)24(37)29(21)2/h4-7,10,13-14H,8-9,11-12H2,1-3H3,(H,25,34). The number of hydrogen-bond donors (Lipinski definition) is 1. The van der Waals surface area contributed by atoms with E-state index in [1.807, 2.05) is 31.2 Å². The molecule has 1 aromatic carbocycles. The van der Waals surface area contributed by atoms with E-state index < -0.39 is 11.2 Å². The first-order valence-electron chi connectivity index (χ1n) is 11.6. The van der Waals surface area contributed by atoms with Crippen molar-refractivity contribution >= 4 is 28.1 Å². The Kier molecular flexibility index (Phi) is 6.03. The first-order valence-corrected chi connectivity index (χ1v) is 11.6. The predicted octanol–water partition coefficient (Wildman–Crippen LogP) is -0.487. The van der Waals surface area contributed by atoms with Crippen molar-refractivity contribution in [3.05, 3.63) is 85.4 Å². The largest absolute Gasteiger partial charge is 0.353 e. The van der Waals surface area contributed by atoms with Crippen LogP contribution in [0.25, 0.3) is 22.2 Å². The Morgan fingerprint density at radius 3 is 2.46 bits per heavy atom. The van der Waals surface area contributed by atoms with Crippen molar-refractivity contribution in [2.45, 2.75) is 26.6 Å². The second-order valence-corrected chi connectivity index (χ2v) is 8.81. The average Bonchev–Trinajstić information content (AvgIpc) is 3.49. The lowest BCUT2D eigenvalue weighted by molar-refractivity contribution is -0.121. The van der Waals surface area contributed by atoms with Crippen molar-refractivity contribution in [1.82, 2.24) is 43.3 Å². The van der Waals surface area contributed by atoms with E-state index in [9.17, 15) is 19.2 Å². The minimum atomic E-state index is -0.523. The zero-order valence-electron chi connectivity index (χ0n) is 20.6. The molecular weight excluding hydrogens is 478 g/mol. The van der Waals surface area contributed by atoms with Crippen LogP contribution in [0.15, 0.2) is 57.5 Å². The van der Waals surface area contributed by atoms with E-state index in [0.29, 0.717) is 24.1 Å². The molecule has 0 spiro atoms. The fourth-order valence-corrected chi connectivity index (χ4v) is 4.27. The summed E-state index contributed by atoms with van der Waals surface area (Å²) in [5.41, 5.74) is 1.74. The van der Waals surface area contributed by atoms with Gasteiger partial charge in [0.05, 0.1) is 25.6 Å². The van der Waals surface area contributed by atoms with E-state index in [2.05, 4.69) is 20.4 Å². The van der Waals surface area contributed by atoms with Gasteiger partial charge < -0.3 is 9.88 Å². The molecule has 13 nitrogen and oxygen atoms in total. The van der Waals surface area contributed by atoms with Gasteiger partial charge in [-0.2, -0.15) is 5.10 Å². The molecule has 13 heteroatoms. The molecule has 0 radical (unpaired) electrons. The first-order chi connectivity index (χ1) is 17.8. The van der Waals surface area contributed by atoms with E-state index in [1.165, 1.54) is 42.1 Å². The minimum Gasteiger partial charge on any atom is -0.353 e. The van der Waals surface area contributed by atoms with E-state index in [0.717, 1.165) is 15.7 Å². The summed E-state index contributed by atoms with van der Waals surface area (Å²) in [6.07, 6.45) is 4.35. The summed E-state index contributed by atoms with van der Waals surface area (Å²) < 4.78 is 6.76. The number of hydrogen-bond acceptors (Lipinski definition) is 7. The third-order valence-electron chi connectivity index (χ3n) is 6.40. The maximum Gasteiger partial charge on any atom is 0.332 e. The van der Waals surface area contributed by atoms with Crippen molar-refractivity contribution in [2.75, 3.05) is 6.54 Å². The monoisotopic (exact) mass is 503 g/mol. The summed E-state index contributed by atoms with van der Waals surface area (Å²) in [6, 6.07) is 7.86. The van der Waals surface area contributed by atoms with Crippen molar-refractivity contribution < 1.29 is 4.79 Å². The lowest BCUT2D eigenvalue weighted by atomic mass is 10.1. The van der Waals surface area contributed by atoms with E-state index in [4.69, 9.17) is 0 Å². The molecule has 0 unspecified atom stereocenters. The number of carbonyl (C=O) groups is 1. The van der Waals surface area contributed by atoms with Crippen LogP contribution in [0.2, 0.25) is 0 Å². The van der Waals surface area contributed by atoms with E-state index >= 15 is 0 Å². The van der Waals surface area contributed by atoms with Crippen LogP contribution in [-0.2, 0) is 38.5 Å². The van der Waals surface area contributed by atoms with Crippen LogP contribution in [0.3, 0.4) is 0 Å². The molecule has 37 heavy (non-hydrogen) atoms. The molecule has 4 heterocycles. The fourth-order valence-electron chi connectivity index (χ4n) is 4.27. The third-order valence-corrected chi connectivity index (χ3v) is 6.40. The molecule has 4 aromatic heterocycles. The topological polar surface area (TPSA) is 144 Å². The predicted molar refractivity (Wildman–Crippen MR) is 135 cm³/mol. The third kappa shape index (κ3) is 4.24. The number of rotatable bonds is 7. The van der Waals surface area contributed by atoms with Gasteiger partial charge in [-0.25, -0.2) is 19.4 Å². The van der Waals surface area contributed by atoms with Crippen molar-refractivity contribution in [3.63, 3.8) is 0 Å². The van der Waals surface area contributed by atoms with Crippen LogP contribution in [0.5, 0.6) is 0 Å². The summed E-state index contributed by atoms with van der Waals surface area (Å²) >= 11 is 0. The van der Waals surface area contributed by atoms with Gasteiger partial charge in [-0.05, 0) is 18.1 Å². The summed E-state index contributed by atoms with van der Waals surface area (Å²) in [5.74, 6) is -0.347. The van der Waals surface area contributed by atoms with Gasteiger partial charge in [0.2, 0.25) is 5.91 Å². The number of nitrogens with zero attached hydrogens (tertiary/aromatic N) is 8. The Hall–Kier alpha value is -4.81. The second kappa shape index (κ2) is 9.33. The molecule has 5 aromatic rings. The van der Waals surface area contributed by atoms with Crippen LogP contribution in [0.4, 0.5) is 0 Å². The van der Waals surface area contributed by atoms with Crippen LogP contribution in [0, 0.1) is 6.92 Å². The maximum atomic E-state index is 13.0. The highest BCUT2D eigenvalue weighted by molar-refractivity contribution is 5.79. The van der Waals surface area contributed by atoms with Gasteiger partial charge in [0, 0.05) is 20.6 Å². The van der Waals surface area contributed by atoms with Gasteiger partial charge in [-0.15, -0.1) is 0 Å². The molecule has 0 aliphatic carbocycles. The Labute approximate surface area is 209 Å². The highest BCUT2D eigenvalue weighted by atomic mass is 16.2. The smallest absolute Gasteiger partial charge is 0.332 e. The summed E-state index contributed by atoms with van der Waals surface area (Å²) in [5, 5.41) is 7.45. The number of carbonyl (C=O) groups excluding carboxylic acids is 1. The molecule has 1 amide bonds. The molecule has 5 rings (SSSR count). The quantitative estimate of drug-likeness (QED) is 0.316. The number of imidazole rings is 1. The zero-order chi connectivity index (χ0) is 26.3. The summed E-state index contributed by atoms with van der Waals surface area (Å²) in [7, 11) is 2.89. The van der Waals surface area contributed by atoms with Crippen LogP contribution in [0.1, 0.15) is 11.1 Å². The van der Waals surface area contributed by atoms with Crippen LogP contribution in [-0.4, -0.2) is 50.5 Å². The Balaban J connectivity index is 1.27. The SMILES string of the molecule is Cc1ccccc1Cn1cnc2c(cnn2CCNC(=O)Cn2cnc3c2c(=O)n(C)c(=O)n3C)c1=O. The first kappa shape index (κ1) is 23.9. The normalized spacial score (nSPS) is 11.4. The Morgan fingerprint density at radius 2 is 1.68 bits per heavy atom. The number of amides is 1. The molecule has 0 atom stereocenters. The fraction of sp³-hybridized carbons (Fsp3) is 0.292. The van der Waals surface area contributed by atoms with Gasteiger partial charge in [-0.3, -0.25) is 28.1 Å². The molecule has 190 valence electrons. The molecule has 0 aliphatic heterocycles. The second-order valence-electron chi connectivity index (χ2n) is 8.81. The zero-order valence-corrected chi connectivity index (χ0v) is 20.6. The van der Waals surface area contributed by atoms with Crippen LogP contribution < -0.4 is 22.1 Å². The molecule has 0 bridgehead atoms. The number of fused-ring (bicyclic) bond motifs is 2. The number of nitrogens with one attached hydrogen (secondary N) is 1. The molecular formula is C24H25N9O4. The van der Waals surface area contributed by atoms with Gasteiger partial charge in [0.15, 0.2) is 16.8 Å². The minimum absolute atomic E-state index is 0.147. The van der Waals surface area contributed by atoms with Crippen LogP contribution >= 0.6 is 0 Å². The summed E-state index contributed by atoms with van der Waals surface area (Å²) in [6.45, 7) is 2.79. The molecule has 0 saturated heterocycles. The molecule has 0 aliphatic rings. The average molecular weight is 504 g/mol. The highest BCUT2D eigenvalue weighted by Crippen LogP contribution is 2.10. The van der Waals surface area contributed by atoms with Crippen molar-refractivity contribution in [3.8, 4) is 0 Å². The van der Waals surface area contributed by atoms with Gasteiger partial charge in [-0.1, -0.05) is 24.3 Å². The van der Waals surface area contributed by atoms with E-state index in [1.54, 1.807) is 9.25 Å². The number of aryl methyl sites for hydroxylation is 2. The lowest BCUT2D eigenvalue weighted by Gasteiger charge is -2.09. The van der Waals surface area contributed by atoms with Crippen molar-refractivity contribution in [1.29, 1.82) is 0 Å². The maximum absolute atomic E-state index is 13.0.